The molecule has 1 aromatic rings. The number of aliphatic hydroxyl groups is 1. The third-order valence-corrected chi connectivity index (χ3v) is 5.95. The summed E-state index contributed by atoms with van der Waals surface area (Å²) in [5, 5.41) is 9.58. The smallest absolute Gasteiger partial charge is 0.401 e. The highest BCUT2D eigenvalue weighted by Crippen LogP contribution is 2.33. The van der Waals surface area contributed by atoms with Gasteiger partial charge >= 0.3 is 6.18 Å². The Balaban J connectivity index is 2.57. The number of hydrogen-bond donors (Lipinski definition) is 1. The zero-order chi connectivity index (χ0) is 22.1. The lowest BCUT2D eigenvalue weighted by Crippen LogP contribution is -2.31. The molecule has 29 heavy (non-hydrogen) atoms. The summed E-state index contributed by atoms with van der Waals surface area (Å²) in [5.74, 6) is -1.85. The number of carbonyl (C=O) groups excluding carboxylic acids is 2. The Bertz CT molecular complexity index is 986. The van der Waals surface area contributed by atoms with Crippen molar-refractivity contribution in [1.82, 2.24) is 4.90 Å². The Morgan fingerprint density at radius 1 is 1.28 bits per heavy atom. The Morgan fingerprint density at radius 2 is 1.90 bits per heavy atom. The maximum atomic E-state index is 12.8. The topological polar surface area (TPSA) is 91.8 Å². The molecular formula is C18H19ClF3NO5S. The summed E-state index contributed by atoms with van der Waals surface area (Å²) < 4.78 is 62.1. The van der Waals surface area contributed by atoms with Crippen LogP contribution in [0.5, 0.6) is 0 Å². The Kier molecular flexibility index (Phi) is 6.81. The van der Waals surface area contributed by atoms with Gasteiger partial charge in [-0.2, -0.15) is 13.2 Å². The monoisotopic (exact) mass is 453 g/mol. The van der Waals surface area contributed by atoms with Crippen LogP contribution in [0, 0.1) is 0 Å². The number of hydrogen-bond acceptors (Lipinski definition) is 6. The first-order chi connectivity index (χ1) is 13.2. The van der Waals surface area contributed by atoms with Gasteiger partial charge in [-0.1, -0.05) is 11.6 Å². The van der Waals surface area contributed by atoms with Gasteiger partial charge in [0.05, 0.1) is 16.5 Å². The van der Waals surface area contributed by atoms with Gasteiger partial charge in [0, 0.05) is 36.8 Å². The summed E-state index contributed by atoms with van der Waals surface area (Å²) in [5.41, 5.74) is -0.874. The number of Topliss-reactive ketones (excluding diaryl/α,β-unsaturated/α-hetero) is 2. The van der Waals surface area contributed by atoms with Crippen LogP contribution in [0.25, 0.3) is 0 Å². The van der Waals surface area contributed by atoms with Gasteiger partial charge in [0.2, 0.25) is 5.78 Å². The highest BCUT2D eigenvalue weighted by atomic mass is 35.5. The van der Waals surface area contributed by atoms with E-state index in [1.165, 1.54) is 0 Å². The molecule has 1 aliphatic carbocycles. The van der Waals surface area contributed by atoms with Crippen LogP contribution in [0.15, 0.2) is 28.4 Å². The van der Waals surface area contributed by atoms with E-state index in [1.807, 2.05) is 0 Å². The Labute approximate surface area is 170 Å². The predicted molar refractivity (Wildman–Crippen MR) is 99.8 cm³/mol. The van der Waals surface area contributed by atoms with Crippen molar-refractivity contribution in [3.63, 3.8) is 0 Å². The summed E-state index contributed by atoms with van der Waals surface area (Å²) in [6.45, 7) is -1.82. The van der Waals surface area contributed by atoms with E-state index in [4.69, 9.17) is 11.6 Å². The van der Waals surface area contributed by atoms with Crippen molar-refractivity contribution in [2.24, 2.45) is 0 Å². The van der Waals surface area contributed by atoms with Crippen molar-refractivity contribution >= 4 is 33.0 Å². The standard InChI is InChI=1S/C18H19ClF3NO5S/c1-23(9-18(20,21)22)8-11-14(29(2,27)28)7-6-10(16(11)19)17(26)15-12(24)4-3-5-13(15)25/h6-7,24H,3-5,8-9H2,1-2H3. The molecule has 0 radical (unpaired) electrons. The van der Waals surface area contributed by atoms with Gasteiger partial charge in [0.1, 0.15) is 11.3 Å². The molecule has 6 nitrogen and oxygen atoms in total. The lowest BCUT2D eigenvalue weighted by Gasteiger charge is -2.22. The van der Waals surface area contributed by atoms with Gasteiger partial charge in [-0.15, -0.1) is 0 Å². The number of allylic oxidation sites excluding steroid dienone is 2. The molecule has 1 N–H and O–H groups in total. The van der Waals surface area contributed by atoms with Crippen LogP contribution in [-0.2, 0) is 21.2 Å². The molecule has 160 valence electrons. The Morgan fingerprint density at radius 3 is 2.41 bits per heavy atom. The number of rotatable bonds is 6. The lowest BCUT2D eigenvalue weighted by molar-refractivity contribution is -0.144. The quantitative estimate of drug-likeness (QED) is 0.523. The van der Waals surface area contributed by atoms with E-state index in [2.05, 4.69) is 0 Å². The van der Waals surface area contributed by atoms with Crippen molar-refractivity contribution in [2.45, 2.75) is 36.9 Å². The second kappa shape index (κ2) is 8.45. The molecule has 11 heteroatoms. The van der Waals surface area contributed by atoms with Gasteiger partial charge < -0.3 is 5.11 Å². The van der Waals surface area contributed by atoms with E-state index in [1.54, 1.807) is 0 Å². The normalized spacial score (nSPS) is 15.9. The van der Waals surface area contributed by atoms with Gasteiger partial charge in [-0.3, -0.25) is 14.5 Å². The van der Waals surface area contributed by atoms with Gasteiger partial charge in [0.25, 0.3) is 0 Å². The van der Waals surface area contributed by atoms with Crippen LogP contribution in [0.2, 0.25) is 5.02 Å². The molecule has 0 unspecified atom stereocenters. The maximum Gasteiger partial charge on any atom is 0.401 e. The zero-order valence-corrected chi connectivity index (χ0v) is 17.2. The number of nitrogens with zero attached hydrogens (tertiary/aromatic N) is 1. The van der Waals surface area contributed by atoms with E-state index in [0.29, 0.717) is 6.42 Å². The molecule has 2 rings (SSSR count). The predicted octanol–water partition coefficient (Wildman–Crippen LogP) is 3.49. The van der Waals surface area contributed by atoms with Gasteiger partial charge in [-0.25, -0.2) is 8.42 Å². The summed E-state index contributed by atoms with van der Waals surface area (Å²) in [7, 11) is -2.74. The molecular weight excluding hydrogens is 435 g/mol. The lowest BCUT2D eigenvalue weighted by atomic mass is 9.90. The molecule has 0 spiro atoms. The number of sulfone groups is 1. The highest BCUT2D eigenvalue weighted by molar-refractivity contribution is 7.90. The van der Waals surface area contributed by atoms with Crippen molar-refractivity contribution in [3.05, 3.63) is 39.6 Å². The van der Waals surface area contributed by atoms with E-state index in [9.17, 15) is 36.3 Å². The molecule has 1 aliphatic rings. The van der Waals surface area contributed by atoms with Crippen LogP contribution in [0.4, 0.5) is 13.2 Å². The van der Waals surface area contributed by atoms with Crippen LogP contribution in [-0.4, -0.2) is 56.0 Å². The zero-order valence-electron chi connectivity index (χ0n) is 15.6. The molecule has 0 amide bonds. The van der Waals surface area contributed by atoms with Gasteiger partial charge in [0.15, 0.2) is 15.6 Å². The molecule has 0 atom stereocenters. The number of carbonyl (C=O) groups is 2. The maximum absolute atomic E-state index is 12.8. The van der Waals surface area contributed by atoms with E-state index >= 15 is 0 Å². The molecule has 0 fully saturated rings. The molecule has 0 saturated heterocycles. The van der Waals surface area contributed by atoms with Crippen LogP contribution >= 0.6 is 11.6 Å². The fourth-order valence-corrected chi connectivity index (χ4v) is 4.42. The van der Waals surface area contributed by atoms with Gasteiger partial charge in [-0.05, 0) is 25.6 Å². The average Bonchev–Trinajstić information content (AvgIpc) is 2.53. The first kappa shape index (κ1) is 23.4. The summed E-state index contributed by atoms with van der Waals surface area (Å²) in [6.07, 6.45) is -3.08. The molecule has 0 aliphatic heterocycles. The Hall–Kier alpha value is -1.91. The van der Waals surface area contributed by atoms with Crippen LogP contribution < -0.4 is 0 Å². The van der Waals surface area contributed by atoms with Crippen molar-refractivity contribution in [3.8, 4) is 0 Å². The second-order valence-corrected chi connectivity index (χ2v) is 9.25. The summed E-state index contributed by atoms with van der Waals surface area (Å²) >= 11 is 6.24. The minimum absolute atomic E-state index is 0.0609. The number of benzene rings is 1. The molecule has 1 aromatic carbocycles. The number of halogens is 4. The number of ketones is 2. The van der Waals surface area contributed by atoms with Crippen molar-refractivity contribution in [1.29, 1.82) is 0 Å². The van der Waals surface area contributed by atoms with E-state index in [0.717, 1.165) is 30.3 Å². The molecule has 0 heterocycles. The first-order valence-corrected chi connectivity index (χ1v) is 10.8. The highest BCUT2D eigenvalue weighted by Gasteiger charge is 2.32. The number of alkyl halides is 3. The summed E-state index contributed by atoms with van der Waals surface area (Å²) in [4.78, 5) is 25.4. The van der Waals surface area contributed by atoms with E-state index < -0.39 is 46.2 Å². The summed E-state index contributed by atoms with van der Waals surface area (Å²) in [6, 6.07) is 2.16. The second-order valence-electron chi connectivity index (χ2n) is 6.89. The fourth-order valence-electron chi connectivity index (χ4n) is 3.13. The minimum atomic E-state index is -4.52. The SMILES string of the molecule is CN(Cc1c(S(C)(=O)=O)ccc(C(=O)C2=C(O)CCCC2=O)c1Cl)CC(F)(F)F. The third kappa shape index (κ3) is 5.58. The fraction of sp³-hybridized carbons (Fsp3) is 0.444. The molecule has 0 bridgehead atoms. The molecule has 0 saturated carbocycles. The van der Waals surface area contributed by atoms with Crippen LogP contribution in [0.3, 0.4) is 0 Å². The number of aliphatic hydroxyl groups excluding tert-OH is 1. The average molecular weight is 454 g/mol. The third-order valence-electron chi connectivity index (χ3n) is 4.33. The van der Waals surface area contributed by atoms with Crippen LogP contribution in [0.1, 0.15) is 35.2 Å². The minimum Gasteiger partial charge on any atom is -0.511 e. The molecule has 0 aromatic heterocycles. The largest absolute Gasteiger partial charge is 0.511 e. The first-order valence-electron chi connectivity index (χ1n) is 8.49. The van der Waals surface area contributed by atoms with E-state index in [-0.39, 0.29) is 39.6 Å². The van der Waals surface area contributed by atoms with Crippen molar-refractivity contribution < 1.29 is 36.3 Å². The van der Waals surface area contributed by atoms with Crippen molar-refractivity contribution in [2.75, 3.05) is 19.8 Å².